The molecule has 3 heterocycles. The van der Waals surface area contributed by atoms with E-state index in [1.54, 1.807) is 36.4 Å². The molecular formula is C31H26ClF3N6O3. The zero-order chi connectivity index (χ0) is 31.9. The number of para-hydroxylation sites is 1. The van der Waals surface area contributed by atoms with Crippen molar-refractivity contribution in [3.8, 4) is 6.07 Å². The minimum Gasteiger partial charge on any atom is -0.364 e. The lowest BCUT2D eigenvalue weighted by atomic mass is 9.95. The highest BCUT2D eigenvalue weighted by molar-refractivity contribution is 6.34. The predicted octanol–water partition coefficient (Wildman–Crippen LogP) is 5.46. The zero-order valence-electron chi connectivity index (χ0n) is 23.7. The Balaban J connectivity index is 1.58. The number of amides is 3. The second-order valence-electron chi connectivity index (χ2n) is 10.6. The van der Waals surface area contributed by atoms with Crippen molar-refractivity contribution in [2.75, 3.05) is 33.6 Å². The van der Waals surface area contributed by atoms with Crippen molar-refractivity contribution in [2.45, 2.75) is 32.1 Å². The van der Waals surface area contributed by atoms with Gasteiger partial charge in [-0.25, -0.2) is 4.98 Å². The van der Waals surface area contributed by atoms with Crippen molar-refractivity contribution in [3.63, 3.8) is 0 Å². The number of benzene rings is 2. The minimum absolute atomic E-state index is 0.0532. The maximum atomic E-state index is 14.0. The third kappa shape index (κ3) is 5.70. The number of pyridine rings is 1. The molecule has 5 rings (SSSR count). The van der Waals surface area contributed by atoms with E-state index in [1.807, 2.05) is 4.90 Å². The lowest BCUT2D eigenvalue weighted by molar-refractivity contribution is -0.137. The van der Waals surface area contributed by atoms with Gasteiger partial charge in [-0.05, 0) is 55.0 Å². The molecular weight excluding hydrogens is 597 g/mol. The van der Waals surface area contributed by atoms with Crippen molar-refractivity contribution in [1.82, 2.24) is 4.98 Å². The monoisotopic (exact) mass is 622 g/mol. The number of carbonyl (C=O) groups excluding carboxylic acids is 3. The molecule has 44 heavy (non-hydrogen) atoms. The van der Waals surface area contributed by atoms with E-state index in [2.05, 4.69) is 22.9 Å². The normalized spacial score (nSPS) is 18.2. The van der Waals surface area contributed by atoms with Crippen LogP contribution in [0.25, 0.3) is 0 Å². The topological polar surface area (TPSA) is 110 Å². The number of nitrogens with zero attached hydrogens (tertiary/aromatic N) is 5. The summed E-state index contributed by atoms with van der Waals surface area (Å²) in [6, 6.07) is 12.6. The van der Waals surface area contributed by atoms with Gasteiger partial charge in [0.2, 0.25) is 17.7 Å². The van der Waals surface area contributed by atoms with E-state index in [9.17, 15) is 32.8 Å². The van der Waals surface area contributed by atoms with Gasteiger partial charge in [0.25, 0.3) is 0 Å². The Bertz CT molecular complexity index is 1740. The number of nitriles is 1. The molecule has 226 valence electrons. The highest BCUT2D eigenvalue weighted by Crippen LogP contribution is 2.43. The van der Waals surface area contributed by atoms with Crippen LogP contribution in [0.4, 0.5) is 36.1 Å². The van der Waals surface area contributed by atoms with Crippen LogP contribution in [-0.2, 0) is 27.1 Å². The smallest absolute Gasteiger partial charge is 0.364 e. The largest absolute Gasteiger partial charge is 0.416 e. The van der Waals surface area contributed by atoms with Gasteiger partial charge >= 0.3 is 6.18 Å². The first-order valence-electron chi connectivity index (χ1n) is 13.5. The Kier molecular flexibility index (Phi) is 8.09. The standard InChI is InChI=1S/C31H26ClF3N6O3/c1-4-26(42)38-23-9-8-18(11-19(23)14-36)15-40-16-20-12-27(43)41(25-13-21(31(33,34)35)10-17(2)37-25)28(20)30(44)39(3)24-7-5-6-22(32)29(24)40/h4-11,13,20,28H,1,12,15-16H2,2-3H3,(H,38,42)/t20-,28+/m1/s1. The molecule has 1 N–H and O–H groups in total. The van der Waals surface area contributed by atoms with Crippen molar-refractivity contribution >= 4 is 52.2 Å². The summed E-state index contributed by atoms with van der Waals surface area (Å²) in [5.74, 6) is -2.38. The molecule has 0 unspecified atom stereocenters. The fourth-order valence-corrected chi connectivity index (χ4v) is 5.99. The van der Waals surface area contributed by atoms with Gasteiger partial charge < -0.3 is 15.1 Å². The summed E-state index contributed by atoms with van der Waals surface area (Å²) in [5.41, 5.74) is 1.22. The number of halogens is 4. The quantitative estimate of drug-likeness (QED) is 0.378. The van der Waals surface area contributed by atoms with Crippen molar-refractivity contribution in [3.05, 3.63) is 88.6 Å². The molecule has 2 aromatic carbocycles. The summed E-state index contributed by atoms with van der Waals surface area (Å²) in [4.78, 5) is 47.8. The molecule has 0 saturated carbocycles. The Hall–Kier alpha value is -4.89. The number of carbonyl (C=O) groups is 3. The van der Waals surface area contributed by atoms with Gasteiger partial charge in [-0.1, -0.05) is 30.3 Å². The molecule has 1 saturated heterocycles. The second kappa shape index (κ2) is 11.7. The summed E-state index contributed by atoms with van der Waals surface area (Å²) in [5, 5.41) is 12.7. The maximum absolute atomic E-state index is 14.0. The van der Waals surface area contributed by atoms with E-state index < -0.39 is 41.4 Å². The molecule has 3 amide bonds. The molecule has 3 aromatic rings. The summed E-state index contributed by atoms with van der Waals surface area (Å²) in [6.07, 6.45) is -3.70. The average Bonchev–Trinajstić information content (AvgIpc) is 3.30. The van der Waals surface area contributed by atoms with E-state index in [0.29, 0.717) is 27.6 Å². The summed E-state index contributed by atoms with van der Waals surface area (Å²) in [7, 11) is 1.52. The number of fused-ring (bicyclic) bond motifs is 2. The van der Waals surface area contributed by atoms with Crippen LogP contribution in [0.2, 0.25) is 5.02 Å². The lowest BCUT2D eigenvalue weighted by Gasteiger charge is -2.39. The average molecular weight is 623 g/mol. The Morgan fingerprint density at radius 2 is 1.98 bits per heavy atom. The van der Waals surface area contributed by atoms with Crippen LogP contribution >= 0.6 is 11.6 Å². The van der Waals surface area contributed by atoms with Crippen LogP contribution in [0.3, 0.4) is 0 Å². The van der Waals surface area contributed by atoms with Gasteiger partial charge in [-0.2, -0.15) is 18.4 Å². The van der Waals surface area contributed by atoms with E-state index in [-0.39, 0.29) is 36.6 Å². The fraction of sp³-hybridized carbons (Fsp3) is 0.258. The molecule has 1 aromatic heterocycles. The molecule has 2 aliphatic heterocycles. The number of anilines is 4. The SMILES string of the molecule is C=CC(=O)Nc1ccc(CN2C[C@H]3CC(=O)N(c4cc(C(F)(F)F)cc(C)n4)[C@@H]3C(=O)N(C)c3cccc(Cl)c32)cc1C#N. The maximum Gasteiger partial charge on any atom is 0.416 e. The minimum atomic E-state index is -4.68. The summed E-state index contributed by atoms with van der Waals surface area (Å²) < 4.78 is 41.0. The predicted molar refractivity (Wildman–Crippen MR) is 159 cm³/mol. The van der Waals surface area contributed by atoms with Crippen LogP contribution in [0, 0.1) is 24.2 Å². The number of rotatable bonds is 5. The third-order valence-corrected chi connectivity index (χ3v) is 7.95. The van der Waals surface area contributed by atoms with E-state index in [0.717, 1.165) is 23.1 Å². The Morgan fingerprint density at radius 1 is 1.23 bits per heavy atom. The lowest BCUT2D eigenvalue weighted by Crippen LogP contribution is -2.52. The van der Waals surface area contributed by atoms with Crippen LogP contribution in [0.1, 0.15) is 28.8 Å². The van der Waals surface area contributed by atoms with E-state index in [4.69, 9.17) is 11.6 Å². The highest BCUT2D eigenvalue weighted by Gasteiger charge is 2.49. The molecule has 0 spiro atoms. The highest BCUT2D eigenvalue weighted by atomic mass is 35.5. The first kappa shape index (κ1) is 30.6. The van der Waals surface area contributed by atoms with Gasteiger partial charge in [-0.3, -0.25) is 19.3 Å². The molecule has 0 aliphatic carbocycles. The first-order chi connectivity index (χ1) is 20.8. The van der Waals surface area contributed by atoms with Gasteiger partial charge in [0.15, 0.2) is 0 Å². The molecule has 0 bridgehead atoms. The number of aromatic nitrogens is 1. The van der Waals surface area contributed by atoms with Crippen molar-refractivity contribution < 1.29 is 27.6 Å². The molecule has 9 nitrogen and oxygen atoms in total. The van der Waals surface area contributed by atoms with E-state index >= 15 is 0 Å². The molecule has 0 radical (unpaired) electrons. The zero-order valence-corrected chi connectivity index (χ0v) is 24.4. The van der Waals surface area contributed by atoms with Gasteiger partial charge in [0, 0.05) is 38.2 Å². The van der Waals surface area contributed by atoms with E-state index in [1.165, 1.54) is 18.9 Å². The third-order valence-electron chi connectivity index (χ3n) is 7.65. The number of likely N-dealkylation sites (N-methyl/N-ethyl adjacent to an activating group) is 1. The van der Waals surface area contributed by atoms with Crippen molar-refractivity contribution in [2.24, 2.45) is 5.92 Å². The van der Waals surface area contributed by atoms with Gasteiger partial charge in [-0.15, -0.1) is 0 Å². The Morgan fingerprint density at radius 3 is 2.66 bits per heavy atom. The van der Waals surface area contributed by atoms with Gasteiger partial charge in [0.1, 0.15) is 17.9 Å². The van der Waals surface area contributed by atoms with Crippen LogP contribution < -0.4 is 20.0 Å². The van der Waals surface area contributed by atoms with Crippen LogP contribution in [0.5, 0.6) is 0 Å². The number of hydrogen-bond acceptors (Lipinski definition) is 6. The summed E-state index contributed by atoms with van der Waals surface area (Å²) >= 11 is 6.69. The van der Waals surface area contributed by atoms with Gasteiger partial charge in [0.05, 0.1) is 33.2 Å². The molecule has 1 fully saturated rings. The number of aryl methyl sites for hydroxylation is 1. The number of nitrogens with one attached hydrogen (secondary N) is 1. The number of hydrogen-bond donors (Lipinski definition) is 1. The second-order valence-corrected chi connectivity index (χ2v) is 11.0. The van der Waals surface area contributed by atoms with Crippen LogP contribution in [-0.4, -0.2) is 42.3 Å². The summed E-state index contributed by atoms with van der Waals surface area (Å²) in [6.45, 7) is 5.14. The van der Waals surface area contributed by atoms with Crippen molar-refractivity contribution in [1.29, 1.82) is 5.26 Å². The fourth-order valence-electron chi connectivity index (χ4n) is 5.70. The molecule has 13 heteroatoms. The first-order valence-corrected chi connectivity index (χ1v) is 13.9. The number of alkyl halides is 3. The van der Waals surface area contributed by atoms with Crippen LogP contribution in [0.15, 0.2) is 61.2 Å². The Labute approximate surface area is 256 Å². The molecule has 2 aliphatic rings. The molecule has 2 atom stereocenters.